The highest BCUT2D eigenvalue weighted by Gasteiger charge is 2.13. The van der Waals surface area contributed by atoms with Crippen LogP contribution in [0.2, 0.25) is 10.0 Å². The van der Waals surface area contributed by atoms with Crippen LogP contribution in [0.15, 0.2) is 54.6 Å². The Morgan fingerprint density at radius 2 is 1.82 bits per heavy atom. The Hall–Kier alpha value is -3.95. The first kappa shape index (κ1) is 23.2. The van der Waals surface area contributed by atoms with Crippen LogP contribution in [0.1, 0.15) is 11.1 Å². The molecule has 0 fully saturated rings. The summed E-state index contributed by atoms with van der Waals surface area (Å²) in [6.07, 6.45) is 2.75. The SMILES string of the molecule is COc1ccc(-n2nc3cc(C)c(NC(=O)C=Cc4ccc(Cl)c([N+](=O)[O-])c4)cc3n2)cc1Cl. The number of hydrogen-bond acceptors (Lipinski definition) is 6. The van der Waals surface area contributed by atoms with E-state index < -0.39 is 10.8 Å². The monoisotopic (exact) mass is 497 g/mol. The number of ether oxygens (including phenoxy) is 1. The van der Waals surface area contributed by atoms with E-state index in [-0.39, 0.29) is 10.7 Å². The molecule has 0 aliphatic carbocycles. The third kappa shape index (κ3) is 4.85. The maximum Gasteiger partial charge on any atom is 0.288 e. The van der Waals surface area contributed by atoms with E-state index in [0.29, 0.717) is 38.7 Å². The molecule has 0 bridgehead atoms. The minimum atomic E-state index is -0.578. The second-order valence-corrected chi connectivity index (χ2v) is 8.07. The molecule has 1 aromatic heterocycles. The van der Waals surface area contributed by atoms with Crippen LogP contribution in [0.5, 0.6) is 5.75 Å². The number of nitrogens with zero attached hydrogens (tertiary/aromatic N) is 4. The van der Waals surface area contributed by atoms with Crippen LogP contribution in [0.4, 0.5) is 11.4 Å². The van der Waals surface area contributed by atoms with E-state index in [2.05, 4.69) is 15.5 Å². The number of fused-ring (bicyclic) bond motifs is 1. The quantitative estimate of drug-likeness (QED) is 0.210. The van der Waals surface area contributed by atoms with Crippen molar-refractivity contribution in [2.75, 3.05) is 12.4 Å². The number of nitrogens with one attached hydrogen (secondary N) is 1. The minimum absolute atomic E-state index is 0.0282. The average Bonchev–Trinajstić information content (AvgIpc) is 3.21. The van der Waals surface area contributed by atoms with E-state index in [4.69, 9.17) is 27.9 Å². The first-order valence-corrected chi connectivity index (χ1v) is 10.7. The molecule has 1 amide bonds. The van der Waals surface area contributed by atoms with Crippen LogP contribution in [0.3, 0.4) is 0 Å². The molecule has 9 nitrogen and oxygen atoms in total. The van der Waals surface area contributed by atoms with Gasteiger partial charge in [-0.2, -0.15) is 4.80 Å². The second-order valence-electron chi connectivity index (χ2n) is 7.25. The summed E-state index contributed by atoms with van der Waals surface area (Å²) in [6, 6.07) is 13.0. The molecule has 0 unspecified atom stereocenters. The molecule has 34 heavy (non-hydrogen) atoms. The fourth-order valence-corrected chi connectivity index (χ4v) is 3.66. The first-order valence-electron chi connectivity index (χ1n) is 9.90. The molecule has 0 atom stereocenters. The zero-order valence-electron chi connectivity index (χ0n) is 18.0. The number of carbonyl (C=O) groups is 1. The Balaban J connectivity index is 1.55. The summed E-state index contributed by atoms with van der Waals surface area (Å²) < 4.78 is 5.17. The van der Waals surface area contributed by atoms with Gasteiger partial charge in [0.15, 0.2) is 0 Å². The molecular weight excluding hydrogens is 481 g/mol. The van der Waals surface area contributed by atoms with Crippen LogP contribution < -0.4 is 10.1 Å². The highest BCUT2D eigenvalue weighted by Crippen LogP contribution is 2.28. The molecule has 172 valence electrons. The Bertz CT molecular complexity index is 1470. The lowest BCUT2D eigenvalue weighted by Crippen LogP contribution is -2.09. The number of halogens is 2. The molecular formula is C23H17Cl2N5O4. The fraction of sp³-hybridized carbons (Fsp3) is 0.0870. The lowest BCUT2D eigenvalue weighted by molar-refractivity contribution is -0.384. The van der Waals surface area contributed by atoms with Crippen molar-refractivity contribution in [2.45, 2.75) is 6.92 Å². The maximum atomic E-state index is 12.5. The van der Waals surface area contributed by atoms with Gasteiger partial charge in [0.05, 0.1) is 22.7 Å². The highest BCUT2D eigenvalue weighted by molar-refractivity contribution is 6.32. The van der Waals surface area contributed by atoms with Crippen molar-refractivity contribution in [3.8, 4) is 11.4 Å². The summed E-state index contributed by atoms with van der Waals surface area (Å²) in [7, 11) is 1.54. The van der Waals surface area contributed by atoms with Crippen molar-refractivity contribution in [1.82, 2.24) is 15.0 Å². The van der Waals surface area contributed by atoms with Gasteiger partial charge in [-0.05, 0) is 60.5 Å². The van der Waals surface area contributed by atoms with Crippen molar-refractivity contribution >= 4 is 57.6 Å². The molecule has 4 aromatic rings. The van der Waals surface area contributed by atoms with E-state index in [1.165, 1.54) is 36.2 Å². The van der Waals surface area contributed by atoms with Gasteiger partial charge in [-0.15, -0.1) is 10.2 Å². The van der Waals surface area contributed by atoms with Gasteiger partial charge in [0, 0.05) is 17.8 Å². The Kier molecular flexibility index (Phi) is 6.49. The maximum absolute atomic E-state index is 12.5. The van der Waals surface area contributed by atoms with Gasteiger partial charge in [0.25, 0.3) is 5.69 Å². The van der Waals surface area contributed by atoms with Crippen LogP contribution in [0.25, 0.3) is 22.8 Å². The van der Waals surface area contributed by atoms with E-state index in [0.717, 1.165) is 5.56 Å². The van der Waals surface area contributed by atoms with Crippen molar-refractivity contribution in [3.63, 3.8) is 0 Å². The summed E-state index contributed by atoms with van der Waals surface area (Å²) in [4.78, 5) is 24.4. The number of carbonyl (C=O) groups excluding carboxylic acids is 1. The van der Waals surface area contributed by atoms with E-state index in [1.54, 1.807) is 30.3 Å². The topological polar surface area (TPSA) is 112 Å². The van der Waals surface area contributed by atoms with Crippen molar-refractivity contribution in [2.24, 2.45) is 0 Å². The van der Waals surface area contributed by atoms with Crippen LogP contribution in [-0.2, 0) is 4.79 Å². The number of benzene rings is 3. The highest BCUT2D eigenvalue weighted by atomic mass is 35.5. The number of aryl methyl sites for hydroxylation is 1. The molecule has 0 saturated carbocycles. The lowest BCUT2D eigenvalue weighted by atomic mass is 10.1. The number of amides is 1. The van der Waals surface area contributed by atoms with Gasteiger partial charge in [-0.1, -0.05) is 29.3 Å². The van der Waals surface area contributed by atoms with Gasteiger partial charge in [-0.3, -0.25) is 14.9 Å². The van der Waals surface area contributed by atoms with Gasteiger partial charge in [0.2, 0.25) is 5.91 Å². The number of rotatable bonds is 6. The number of nitro groups is 1. The summed E-state index contributed by atoms with van der Waals surface area (Å²) in [6.45, 7) is 1.84. The Morgan fingerprint density at radius 1 is 1.09 bits per heavy atom. The van der Waals surface area contributed by atoms with E-state index in [9.17, 15) is 14.9 Å². The molecule has 1 N–H and O–H groups in total. The Morgan fingerprint density at radius 3 is 2.50 bits per heavy atom. The third-order valence-electron chi connectivity index (χ3n) is 4.94. The molecule has 1 heterocycles. The molecule has 4 rings (SSSR count). The number of anilines is 1. The van der Waals surface area contributed by atoms with Crippen LogP contribution in [0, 0.1) is 17.0 Å². The average molecular weight is 498 g/mol. The standard InChI is InChI=1S/C23H17Cl2N5O4/c1-13-9-19-20(28-29(27-19)15-5-7-22(34-2)17(25)11-15)12-18(13)26-23(31)8-4-14-3-6-16(24)21(10-14)30(32)33/h3-12H,1-2H3,(H,26,31). The third-order valence-corrected chi connectivity index (χ3v) is 5.56. The fourth-order valence-electron chi connectivity index (χ4n) is 3.22. The van der Waals surface area contributed by atoms with Crippen molar-refractivity contribution in [1.29, 1.82) is 0 Å². The summed E-state index contributed by atoms with van der Waals surface area (Å²) >= 11 is 12.0. The second kappa shape index (κ2) is 9.50. The first-order chi connectivity index (χ1) is 16.2. The van der Waals surface area contributed by atoms with Crippen molar-refractivity contribution < 1.29 is 14.5 Å². The number of methoxy groups -OCH3 is 1. The largest absolute Gasteiger partial charge is 0.495 e. The normalized spacial score (nSPS) is 11.2. The van der Waals surface area contributed by atoms with E-state index in [1.807, 2.05) is 13.0 Å². The molecule has 3 aromatic carbocycles. The molecule has 11 heteroatoms. The molecule has 0 radical (unpaired) electrons. The zero-order chi connectivity index (χ0) is 24.4. The van der Waals surface area contributed by atoms with Crippen molar-refractivity contribution in [3.05, 3.63) is 85.9 Å². The van der Waals surface area contributed by atoms with Crippen LogP contribution >= 0.6 is 23.2 Å². The minimum Gasteiger partial charge on any atom is -0.495 e. The molecule has 0 spiro atoms. The summed E-state index contributed by atoms with van der Waals surface area (Å²) in [5.74, 6) is 0.138. The van der Waals surface area contributed by atoms with E-state index >= 15 is 0 Å². The number of aromatic nitrogens is 3. The molecule has 0 saturated heterocycles. The smallest absolute Gasteiger partial charge is 0.288 e. The zero-order valence-corrected chi connectivity index (χ0v) is 19.5. The summed E-state index contributed by atoms with van der Waals surface area (Å²) in [5.41, 5.74) is 3.47. The predicted octanol–water partition coefficient (Wildman–Crippen LogP) is 5.60. The summed E-state index contributed by atoms with van der Waals surface area (Å²) in [5, 5.41) is 23.2. The van der Waals surface area contributed by atoms with Crippen LogP contribution in [-0.4, -0.2) is 32.9 Å². The number of hydrogen-bond donors (Lipinski definition) is 1. The number of nitro benzene ring substituents is 1. The van der Waals surface area contributed by atoms with Gasteiger partial charge in [0.1, 0.15) is 21.8 Å². The van der Waals surface area contributed by atoms with Gasteiger partial charge >= 0.3 is 0 Å². The molecule has 0 aliphatic rings. The predicted molar refractivity (Wildman–Crippen MR) is 131 cm³/mol. The van der Waals surface area contributed by atoms with Gasteiger partial charge < -0.3 is 10.1 Å². The Labute approximate surface area is 203 Å². The lowest BCUT2D eigenvalue weighted by Gasteiger charge is -2.05. The van der Waals surface area contributed by atoms with Gasteiger partial charge in [-0.25, -0.2) is 0 Å². The molecule has 0 aliphatic heterocycles.